The lowest BCUT2D eigenvalue weighted by atomic mass is 10.1. The third kappa shape index (κ3) is 5.43. The van der Waals surface area contributed by atoms with Crippen LogP contribution in [-0.2, 0) is 21.2 Å². The van der Waals surface area contributed by atoms with Crippen molar-refractivity contribution >= 4 is 32.8 Å². The summed E-state index contributed by atoms with van der Waals surface area (Å²) in [5.74, 6) is -0.902. The number of alkyl halides is 3. The van der Waals surface area contributed by atoms with Gasteiger partial charge in [0.25, 0.3) is 10.0 Å². The molecular formula is C24H19F3N2O6S. The number of halogens is 3. The van der Waals surface area contributed by atoms with E-state index in [1.807, 2.05) is 6.92 Å². The fourth-order valence-corrected chi connectivity index (χ4v) is 4.53. The number of benzene rings is 3. The van der Waals surface area contributed by atoms with Crippen LogP contribution in [0.1, 0.15) is 22.8 Å². The van der Waals surface area contributed by atoms with E-state index < -0.39 is 22.4 Å². The zero-order valence-electron chi connectivity index (χ0n) is 18.9. The van der Waals surface area contributed by atoms with Gasteiger partial charge in [0, 0.05) is 5.56 Å². The summed E-state index contributed by atoms with van der Waals surface area (Å²) in [7, 11) is -2.84. The molecule has 4 rings (SSSR count). The van der Waals surface area contributed by atoms with E-state index in [4.69, 9.17) is 9.15 Å². The SMILES string of the molecule is CCc1ccc(S(=O)(=O)Nc2ccc3oc(-c4ccc(OC(F)(F)F)cc4)nc3c2)cc1C(=O)OC. The summed E-state index contributed by atoms with van der Waals surface area (Å²) in [5.41, 5.74) is 2.05. The number of anilines is 1. The molecule has 8 nitrogen and oxygen atoms in total. The maximum absolute atomic E-state index is 13.0. The molecule has 0 saturated heterocycles. The molecule has 0 aliphatic carbocycles. The van der Waals surface area contributed by atoms with Crippen LogP contribution in [0.2, 0.25) is 0 Å². The summed E-state index contributed by atoms with van der Waals surface area (Å²) in [6.07, 6.45) is -4.29. The average molecular weight is 520 g/mol. The first-order valence-corrected chi connectivity index (χ1v) is 12.0. The smallest absolute Gasteiger partial charge is 0.465 e. The molecule has 0 aliphatic heterocycles. The van der Waals surface area contributed by atoms with Crippen LogP contribution in [0.4, 0.5) is 18.9 Å². The largest absolute Gasteiger partial charge is 0.573 e. The molecule has 0 amide bonds. The molecule has 0 saturated carbocycles. The van der Waals surface area contributed by atoms with Crippen molar-refractivity contribution in [2.45, 2.75) is 24.6 Å². The summed E-state index contributed by atoms with van der Waals surface area (Å²) in [6.45, 7) is 1.83. The highest BCUT2D eigenvalue weighted by molar-refractivity contribution is 7.92. The first kappa shape index (κ1) is 25.0. The van der Waals surface area contributed by atoms with Crippen molar-refractivity contribution in [1.82, 2.24) is 4.98 Å². The molecular weight excluding hydrogens is 501 g/mol. The van der Waals surface area contributed by atoms with Gasteiger partial charge in [-0.1, -0.05) is 13.0 Å². The number of aryl methyl sites for hydroxylation is 1. The molecule has 1 aromatic heterocycles. The molecule has 36 heavy (non-hydrogen) atoms. The second-order valence-electron chi connectivity index (χ2n) is 7.54. The molecule has 0 radical (unpaired) electrons. The molecule has 0 bridgehead atoms. The number of nitrogens with zero attached hydrogens (tertiary/aromatic N) is 1. The van der Waals surface area contributed by atoms with Crippen LogP contribution in [0.15, 0.2) is 70.0 Å². The second kappa shape index (κ2) is 9.53. The Kier molecular flexibility index (Phi) is 6.63. The van der Waals surface area contributed by atoms with Crippen LogP contribution in [0.25, 0.3) is 22.6 Å². The van der Waals surface area contributed by atoms with Gasteiger partial charge in [-0.15, -0.1) is 13.2 Å². The van der Waals surface area contributed by atoms with Gasteiger partial charge < -0.3 is 13.9 Å². The van der Waals surface area contributed by atoms with E-state index in [2.05, 4.69) is 14.4 Å². The lowest BCUT2D eigenvalue weighted by Gasteiger charge is -2.11. The van der Waals surface area contributed by atoms with Crippen LogP contribution >= 0.6 is 0 Å². The molecule has 0 fully saturated rings. The van der Waals surface area contributed by atoms with Gasteiger partial charge in [0.1, 0.15) is 11.3 Å². The maximum Gasteiger partial charge on any atom is 0.573 e. The predicted molar refractivity (Wildman–Crippen MR) is 124 cm³/mol. The molecule has 188 valence electrons. The molecule has 12 heteroatoms. The number of hydrogen-bond donors (Lipinski definition) is 1. The van der Waals surface area contributed by atoms with E-state index in [0.29, 0.717) is 28.6 Å². The van der Waals surface area contributed by atoms with E-state index >= 15 is 0 Å². The summed E-state index contributed by atoms with van der Waals surface area (Å²) in [6, 6.07) is 13.6. The zero-order valence-corrected chi connectivity index (χ0v) is 19.7. The summed E-state index contributed by atoms with van der Waals surface area (Å²) >= 11 is 0. The highest BCUT2D eigenvalue weighted by atomic mass is 32.2. The second-order valence-corrected chi connectivity index (χ2v) is 9.23. The third-order valence-corrected chi connectivity index (χ3v) is 6.53. The number of esters is 1. The Bertz CT molecular complexity index is 1530. The number of sulfonamides is 1. The number of carbonyl (C=O) groups is 1. The lowest BCUT2D eigenvalue weighted by molar-refractivity contribution is -0.274. The van der Waals surface area contributed by atoms with E-state index in [9.17, 15) is 26.4 Å². The number of hydrogen-bond acceptors (Lipinski definition) is 7. The molecule has 0 unspecified atom stereocenters. The molecule has 0 spiro atoms. The van der Waals surface area contributed by atoms with Gasteiger partial charge in [-0.3, -0.25) is 4.72 Å². The topological polar surface area (TPSA) is 108 Å². The summed E-state index contributed by atoms with van der Waals surface area (Å²) < 4.78 is 79.7. The Morgan fingerprint density at radius 1 is 1.06 bits per heavy atom. The van der Waals surface area contributed by atoms with Gasteiger partial charge in [0.05, 0.1) is 23.3 Å². The van der Waals surface area contributed by atoms with Crippen molar-refractivity contribution in [2.24, 2.45) is 0 Å². The quantitative estimate of drug-likeness (QED) is 0.319. The van der Waals surface area contributed by atoms with Crippen molar-refractivity contribution in [3.8, 4) is 17.2 Å². The Labute approximate surface area is 203 Å². The monoisotopic (exact) mass is 520 g/mol. The fourth-order valence-electron chi connectivity index (χ4n) is 3.46. The van der Waals surface area contributed by atoms with Gasteiger partial charge in [-0.2, -0.15) is 0 Å². The van der Waals surface area contributed by atoms with Crippen LogP contribution in [0.5, 0.6) is 5.75 Å². The van der Waals surface area contributed by atoms with E-state index in [1.54, 1.807) is 6.07 Å². The van der Waals surface area contributed by atoms with E-state index in [1.165, 1.54) is 49.6 Å². The number of oxazole rings is 1. The first-order valence-electron chi connectivity index (χ1n) is 10.5. The number of methoxy groups -OCH3 is 1. The molecule has 0 atom stereocenters. The lowest BCUT2D eigenvalue weighted by Crippen LogP contribution is -2.16. The zero-order chi connectivity index (χ0) is 26.1. The van der Waals surface area contributed by atoms with Gasteiger partial charge in [0.15, 0.2) is 5.58 Å². The van der Waals surface area contributed by atoms with Crippen LogP contribution < -0.4 is 9.46 Å². The number of nitrogens with one attached hydrogen (secondary N) is 1. The minimum Gasteiger partial charge on any atom is -0.465 e. The summed E-state index contributed by atoms with van der Waals surface area (Å²) in [5, 5.41) is 0. The molecule has 0 aliphatic rings. The minimum atomic E-state index is -4.80. The Morgan fingerprint density at radius 2 is 1.78 bits per heavy atom. The van der Waals surface area contributed by atoms with Crippen molar-refractivity contribution in [3.63, 3.8) is 0 Å². The van der Waals surface area contributed by atoms with Gasteiger partial charge in [-0.05, 0) is 66.6 Å². The third-order valence-electron chi connectivity index (χ3n) is 5.15. The number of carbonyl (C=O) groups excluding carboxylic acids is 1. The maximum atomic E-state index is 13.0. The number of ether oxygens (including phenoxy) is 2. The summed E-state index contributed by atoms with van der Waals surface area (Å²) in [4.78, 5) is 16.2. The van der Waals surface area contributed by atoms with E-state index in [-0.39, 0.29) is 27.8 Å². The Balaban J connectivity index is 1.59. The Morgan fingerprint density at radius 3 is 2.42 bits per heavy atom. The van der Waals surface area contributed by atoms with Crippen molar-refractivity contribution in [1.29, 1.82) is 0 Å². The fraction of sp³-hybridized carbons (Fsp3) is 0.167. The predicted octanol–water partition coefficient (Wildman–Crippen LogP) is 5.54. The van der Waals surface area contributed by atoms with Crippen molar-refractivity contribution in [3.05, 3.63) is 71.8 Å². The molecule has 1 heterocycles. The van der Waals surface area contributed by atoms with Crippen molar-refractivity contribution in [2.75, 3.05) is 11.8 Å². The molecule has 4 aromatic rings. The molecule has 3 aromatic carbocycles. The number of rotatable bonds is 7. The normalized spacial score (nSPS) is 11.9. The first-order chi connectivity index (χ1) is 17.0. The number of aromatic nitrogens is 1. The highest BCUT2D eigenvalue weighted by Gasteiger charge is 2.31. The Hall–Kier alpha value is -4.06. The van der Waals surface area contributed by atoms with E-state index in [0.717, 1.165) is 12.1 Å². The standard InChI is InChI=1S/C24H19F3N2O6S/c1-3-14-6-10-18(13-19(14)23(30)33-2)36(31,32)29-16-7-11-21-20(12-16)28-22(34-21)15-4-8-17(9-5-15)35-24(25,26)27/h4-13,29H,3H2,1-2H3. The van der Waals surface area contributed by atoms with Gasteiger partial charge >= 0.3 is 12.3 Å². The number of fused-ring (bicyclic) bond motifs is 1. The van der Waals surface area contributed by atoms with Crippen LogP contribution in [-0.4, -0.2) is 32.8 Å². The van der Waals surface area contributed by atoms with Gasteiger partial charge in [0.2, 0.25) is 5.89 Å². The van der Waals surface area contributed by atoms with Crippen molar-refractivity contribution < 1.29 is 40.3 Å². The average Bonchev–Trinajstić information content (AvgIpc) is 3.25. The van der Waals surface area contributed by atoms with Crippen LogP contribution in [0, 0.1) is 0 Å². The highest BCUT2D eigenvalue weighted by Crippen LogP contribution is 2.30. The molecule has 1 N–H and O–H groups in total. The van der Waals surface area contributed by atoms with Gasteiger partial charge in [-0.25, -0.2) is 18.2 Å². The van der Waals surface area contributed by atoms with Crippen LogP contribution in [0.3, 0.4) is 0 Å². The minimum absolute atomic E-state index is 0.123.